The van der Waals surface area contributed by atoms with Crippen LogP contribution in [-0.4, -0.2) is 29.5 Å². The second kappa shape index (κ2) is 6.47. The molecule has 1 aliphatic heterocycles. The van der Waals surface area contributed by atoms with Gasteiger partial charge in [-0.15, -0.1) is 0 Å². The number of imide groups is 1. The minimum absolute atomic E-state index is 0.0491. The monoisotopic (exact) mass is 369 g/mol. The Balaban J connectivity index is 1.86. The molecule has 2 amide bonds. The molecule has 1 heterocycles. The summed E-state index contributed by atoms with van der Waals surface area (Å²) in [5.74, 6) is -7.66. The van der Waals surface area contributed by atoms with Crippen LogP contribution in [0.1, 0.15) is 31.1 Å². The van der Waals surface area contributed by atoms with Crippen LogP contribution in [0.3, 0.4) is 0 Å². The fourth-order valence-electron chi connectivity index (χ4n) is 2.29. The van der Waals surface area contributed by atoms with Gasteiger partial charge in [0.25, 0.3) is 11.8 Å². The van der Waals surface area contributed by atoms with Crippen LogP contribution in [0.25, 0.3) is 0 Å². The van der Waals surface area contributed by atoms with Crippen molar-refractivity contribution in [3.63, 3.8) is 0 Å². The molecule has 10 heteroatoms. The lowest BCUT2D eigenvalue weighted by atomic mass is 10.1. The van der Waals surface area contributed by atoms with E-state index in [9.17, 15) is 31.9 Å². The molecule has 6 nitrogen and oxygen atoms in total. The Kier molecular flexibility index (Phi) is 4.33. The highest BCUT2D eigenvalue weighted by Crippen LogP contribution is 2.26. The van der Waals surface area contributed by atoms with E-state index in [1.165, 1.54) is 24.3 Å². The van der Waals surface area contributed by atoms with Gasteiger partial charge >= 0.3 is 12.6 Å². The largest absolute Gasteiger partial charge is 0.435 e. The van der Waals surface area contributed by atoms with Crippen LogP contribution in [0.2, 0.25) is 0 Å². The lowest BCUT2D eigenvalue weighted by Gasteiger charge is -2.14. The van der Waals surface area contributed by atoms with Crippen molar-refractivity contribution in [2.45, 2.75) is 6.61 Å². The molecule has 0 radical (unpaired) electrons. The topological polar surface area (TPSA) is 72.9 Å². The SMILES string of the molecule is O=C(ON1C(=O)c2ccccc2C1=O)c1c(F)cc(OC(F)F)cc1F. The minimum Gasteiger partial charge on any atom is -0.435 e. The molecule has 0 atom stereocenters. The third kappa shape index (κ3) is 2.96. The maximum Gasteiger partial charge on any atom is 0.387 e. The molecule has 1 aliphatic rings. The highest BCUT2D eigenvalue weighted by Gasteiger charge is 2.39. The smallest absolute Gasteiger partial charge is 0.387 e. The predicted molar refractivity (Wildman–Crippen MR) is 75.3 cm³/mol. The average Bonchev–Trinajstić information content (AvgIpc) is 2.79. The van der Waals surface area contributed by atoms with E-state index in [0.717, 1.165) is 0 Å². The quantitative estimate of drug-likeness (QED) is 0.612. The number of benzene rings is 2. The fourth-order valence-corrected chi connectivity index (χ4v) is 2.29. The summed E-state index contributed by atoms with van der Waals surface area (Å²) in [6, 6.07) is 6.23. The second-order valence-corrected chi connectivity index (χ2v) is 4.97. The van der Waals surface area contributed by atoms with Crippen LogP contribution in [0.4, 0.5) is 17.6 Å². The summed E-state index contributed by atoms with van der Waals surface area (Å²) in [4.78, 5) is 40.6. The molecule has 2 aromatic rings. The number of carbonyl (C=O) groups excluding carboxylic acids is 3. The van der Waals surface area contributed by atoms with Gasteiger partial charge in [-0.25, -0.2) is 13.6 Å². The van der Waals surface area contributed by atoms with E-state index in [0.29, 0.717) is 12.1 Å². The maximum atomic E-state index is 13.9. The molecular formula is C16H7F4NO5. The van der Waals surface area contributed by atoms with E-state index in [2.05, 4.69) is 9.57 Å². The molecule has 0 N–H and O–H groups in total. The zero-order valence-electron chi connectivity index (χ0n) is 12.5. The molecule has 0 aliphatic carbocycles. The van der Waals surface area contributed by atoms with Crippen LogP contribution >= 0.6 is 0 Å². The summed E-state index contributed by atoms with van der Waals surface area (Å²) in [5, 5.41) is 0.0649. The number of rotatable bonds is 4. The van der Waals surface area contributed by atoms with E-state index >= 15 is 0 Å². The van der Waals surface area contributed by atoms with Gasteiger partial charge in [0.1, 0.15) is 22.9 Å². The zero-order valence-corrected chi connectivity index (χ0v) is 12.5. The van der Waals surface area contributed by atoms with Crippen LogP contribution in [-0.2, 0) is 4.84 Å². The van der Waals surface area contributed by atoms with Crippen LogP contribution < -0.4 is 4.74 Å². The Hall–Kier alpha value is -3.43. The number of fused-ring (bicyclic) bond motifs is 1. The minimum atomic E-state index is -3.33. The molecular weight excluding hydrogens is 362 g/mol. The molecule has 134 valence electrons. The van der Waals surface area contributed by atoms with Crippen molar-refractivity contribution in [3.8, 4) is 5.75 Å². The molecule has 2 aromatic carbocycles. The van der Waals surface area contributed by atoms with E-state index in [1.807, 2.05) is 0 Å². The highest BCUT2D eigenvalue weighted by atomic mass is 19.3. The van der Waals surface area contributed by atoms with E-state index < -0.39 is 47.3 Å². The van der Waals surface area contributed by atoms with Crippen LogP contribution in [0.5, 0.6) is 5.75 Å². The fraction of sp³-hybridized carbons (Fsp3) is 0.0625. The van der Waals surface area contributed by atoms with Gasteiger partial charge in [-0.05, 0) is 12.1 Å². The summed E-state index contributed by atoms with van der Waals surface area (Å²) < 4.78 is 55.8. The second-order valence-electron chi connectivity index (χ2n) is 4.97. The molecule has 0 bridgehead atoms. The third-order valence-corrected chi connectivity index (χ3v) is 3.38. The van der Waals surface area contributed by atoms with Crippen molar-refractivity contribution in [1.29, 1.82) is 0 Å². The Labute approximate surface area is 142 Å². The Morgan fingerprint density at radius 1 is 0.962 bits per heavy atom. The molecule has 26 heavy (non-hydrogen) atoms. The van der Waals surface area contributed by atoms with Crippen LogP contribution in [0.15, 0.2) is 36.4 Å². The molecule has 0 spiro atoms. The normalized spacial score (nSPS) is 13.2. The number of hydrogen-bond donors (Lipinski definition) is 0. The lowest BCUT2D eigenvalue weighted by Crippen LogP contribution is -2.33. The summed E-state index contributed by atoms with van der Waals surface area (Å²) >= 11 is 0. The maximum absolute atomic E-state index is 13.9. The zero-order chi connectivity index (χ0) is 19.0. The number of halogens is 4. The molecule has 0 fully saturated rings. The van der Waals surface area contributed by atoms with Gasteiger partial charge in [-0.2, -0.15) is 8.78 Å². The van der Waals surface area contributed by atoms with Crippen LogP contribution in [0, 0.1) is 11.6 Å². The van der Waals surface area contributed by atoms with E-state index in [4.69, 9.17) is 0 Å². The molecule has 0 saturated carbocycles. The van der Waals surface area contributed by atoms with E-state index in [-0.39, 0.29) is 16.2 Å². The summed E-state index contributed by atoms with van der Waals surface area (Å²) in [7, 11) is 0. The first-order valence-corrected chi connectivity index (χ1v) is 6.93. The Bertz CT molecular complexity index is 873. The molecule has 0 aromatic heterocycles. The van der Waals surface area contributed by atoms with Crippen molar-refractivity contribution >= 4 is 17.8 Å². The average molecular weight is 369 g/mol. The van der Waals surface area contributed by atoms with E-state index in [1.54, 1.807) is 0 Å². The van der Waals surface area contributed by atoms with Gasteiger partial charge in [-0.3, -0.25) is 9.59 Å². The Morgan fingerprint density at radius 2 is 1.46 bits per heavy atom. The van der Waals surface area contributed by atoms with Crippen molar-refractivity contribution in [2.24, 2.45) is 0 Å². The molecule has 3 rings (SSSR count). The Morgan fingerprint density at radius 3 is 1.92 bits per heavy atom. The summed E-state index contributed by atoms with van der Waals surface area (Å²) in [6.07, 6.45) is 0. The number of hydrogen-bond acceptors (Lipinski definition) is 5. The van der Waals surface area contributed by atoms with Crippen molar-refractivity contribution < 1.29 is 41.5 Å². The molecule has 0 unspecified atom stereocenters. The number of ether oxygens (including phenoxy) is 1. The van der Waals surface area contributed by atoms with Gasteiger partial charge in [0, 0.05) is 12.1 Å². The number of nitrogens with zero attached hydrogens (tertiary/aromatic N) is 1. The molecule has 0 saturated heterocycles. The summed E-state index contributed by atoms with van der Waals surface area (Å²) in [6.45, 7) is -3.33. The van der Waals surface area contributed by atoms with Crippen molar-refractivity contribution in [2.75, 3.05) is 0 Å². The first kappa shape index (κ1) is 17.4. The predicted octanol–water partition coefficient (Wildman–Crippen LogP) is 2.93. The van der Waals surface area contributed by atoms with Gasteiger partial charge in [0.05, 0.1) is 11.1 Å². The van der Waals surface area contributed by atoms with Crippen molar-refractivity contribution in [1.82, 2.24) is 5.06 Å². The first-order chi connectivity index (χ1) is 12.3. The number of carbonyl (C=O) groups is 3. The van der Waals surface area contributed by atoms with Crippen molar-refractivity contribution in [3.05, 3.63) is 64.7 Å². The standard InChI is InChI=1S/C16H7F4NO5/c17-10-5-7(25-16(19)20)6-11(18)12(10)15(24)26-21-13(22)8-3-1-2-4-9(8)14(21)23/h1-6,16H. The number of amides is 2. The number of alkyl halides is 2. The number of hydroxylamine groups is 2. The third-order valence-electron chi connectivity index (χ3n) is 3.38. The van der Waals surface area contributed by atoms with Gasteiger partial charge in [0.15, 0.2) is 0 Å². The first-order valence-electron chi connectivity index (χ1n) is 6.93. The summed E-state index contributed by atoms with van der Waals surface area (Å²) in [5.41, 5.74) is -1.37. The lowest BCUT2D eigenvalue weighted by molar-refractivity contribution is -0.0592. The van der Waals surface area contributed by atoms with Gasteiger partial charge in [0.2, 0.25) is 0 Å². The van der Waals surface area contributed by atoms with Gasteiger partial charge in [-0.1, -0.05) is 17.2 Å². The van der Waals surface area contributed by atoms with Gasteiger partial charge < -0.3 is 9.57 Å². The highest BCUT2D eigenvalue weighted by molar-refractivity contribution is 6.21.